The van der Waals surface area contributed by atoms with Crippen LogP contribution in [0.2, 0.25) is 0 Å². The number of hydrogen-bond acceptors (Lipinski definition) is 3. The van der Waals surface area contributed by atoms with Crippen LogP contribution in [-0.2, 0) is 6.54 Å². The van der Waals surface area contributed by atoms with Crippen molar-refractivity contribution >= 4 is 28.6 Å². The first-order valence-electron chi connectivity index (χ1n) is 6.28. The van der Waals surface area contributed by atoms with Crippen LogP contribution in [0.3, 0.4) is 0 Å². The topological polar surface area (TPSA) is 36.4 Å². The highest BCUT2D eigenvalue weighted by Gasteiger charge is 2.07. The molecular weight excluding hydrogens is 274 g/mol. The van der Waals surface area contributed by atoms with Crippen LogP contribution >= 0.6 is 22.7 Å². The van der Waals surface area contributed by atoms with Crippen LogP contribution < -0.4 is 10.6 Å². The largest absolute Gasteiger partial charge is 0.356 e. The van der Waals surface area contributed by atoms with Gasteiger partial charge in [0.25, 0.3) is 0 Å². The zero-order chi connectivity index (χ0) is 13.5. The summed E-state index contributed by atoms with van der Waals surface area (Å²) in [5, 5.41) is 13.0. The number of aliphatic imine (C=N–C) groups is 1. The van der Waals surface area contributed by atoms with Crippen molar-refractivity contribution in [3.8, 4) is 0 Å². The molecule has 0 aliphatic rings. The van der Waals surface area contributed by atoms with Crippen LogP contribution in [0.15, 0.2) is 39.3 Å². The summed E-state index contributed by atoms with van der Waals surface area (Å²) in [5.74, 6) is 1.36. The number of rotatable bonds is 5. The molecule has 0 aliphatic carbocycles. The molecule has 0 aromatic carbocycles. The Bertz CT molecular complexity index is 489. The van der Waals surface area contributed by atoms with Gasteiger partial charge < -0.3 is 10.6 Å². The smallest absolute Gasteiger partial charge is 0.191 e. The second-order valence-electron chi connectivity index (χ2n) is 4.35. The van der Waals surface area contributed by atoms with Gasteiger partial charge in [-0.1, -0.05) is 13.0 Å². The van der Waals surface area contributed by atoms with Gasteiger partial charge in [0.05, 0.1) is 0 Å². The van der Waals surface area contributed by atoms with Crippen LogP contribution in [0.4, 0.5) is 0 Å². The lowest BCUT2D eigenvalue weighted by molar-refractivity contribution is 0.708. The second kappa shape index (κ2) is 7.31. The molecular formula is C14H19N3S2. The fourth-order valence-corrected chi connectivity index (χ4v) is 3.18. The Hall–Kier alpha value is -1.33. The highest BCUT2D eigenvalue weighted by Crippen LogP contribution is 2.19. The van der Waals surface area contributed by atoms with E-state index in [4.69, 9.17) is 0 Å². The third kappa shape index (κ3) is 4.36. The van der Waals surface area contributed by atoms with Gasteiger partial charge in [0.2, 0.25) is 0 Å². The molecule has 0 fully saturated rings. The van der Waals surface area contributed by atoms with Crippen molar-refractivity contribution in [2.75, 3.05) is 13.6 Å². The maximum absolute atomic E-state index is 4.24. The van der Waals surface area contributed by atoms with E-state index in [1.807, 2.05) is 0 Å². The van der Waals surface area contributed by atoms with E-state index in [1.54, 1.807) is 29.7 Å². The van der Waals surface area contributed by atoms with Crippen LogP contribution in [0.5, 0.6) is 0 Å². The Morgan fingerprint density at radius 3 is 2.84 bits per heavy atom. The fraction of sp³-hybridized carbons (Fsp3) is 0.357. The molecule has 5 heteroatoms. The third-order valence-electron chi connectivity index (χ3n) is 2.87. The third-order valence-corrected chi connectivity index (χ3v) is 4.70. The molecule has 2 aromatic rings. The summed E-state index contributed by atoms with van der Waals surface area (Å²) in [4.78, 5) is 5.65. The minimum atomic E-state index is 0.500. The van der Waals surface area contributed by atoms with Crippen LogP contribution in [0, 0.1) is 0 Å². The lowest BCUT2D eigenvalue weighted by atomic mass is 10.1. The zero-order valence-electron chi connectivity index (χ0n) is 11.2. The summed E-state index contributed by atoms with van der Waals surface area (Å²) < 4.78 is 0. The Kier molecular flexibility index (Phi) is 5.42. The van der Waals surface area contributed by atoms with Crippen LogP contribution in [0.1, 0.15) is 23.3 Å². The van der Waals surface area contributed by atoms with E-state index in [-0.39, 0.29) is 0 Å². The Morgan fingerprint density at radius 2 is 2.21 bits per heavy atom. The van der Waals surface area contributed by atoms with E-state index in [0.717, 1.165) is 19.0 Å². The van der Waals surface area contributed by atoms with Gasteiger partial charge in [-0.15, -0.1) is 11.3 Å². The molecule has 102 valence electrons. The van der Waals surface area contributed by atoms with Crippen LogP contribution in [-0.4, -0.2) is 19.6 Å². The van der Waals surface area contributed by atoms with Crippen molar-refractivity contribution < 1.29 is 0 Å². The van der Waals surface area contributed by atoms with E-state index in [2.05, 4.69) is 56.9 Å². The molecule has 1 unspecified atom stereocenters. The van der Waals surface area contributed by atoms with Crippen molar-refractivity contribution in [2.24, 2.45) is 4.99 Å². The van der Waals surface area contributed by atoms with Crippen molar-refractivity contribution in [2.45, 2.75) is 19.4 Å². The van der Waals surface area contributed by atoms with Gasteiger partial charge >= 0.3 is 0 Å². The maximum atomic E-state index is 4.24. The number of nitrogens with zero attached hydrogens (tertiary/aromatic N) is 1. The Balaban J connectivity index is 1.76. The molecule has 0 bridgehead atoms. The first-order valence-corrected chi connectivity index (χ1v) is 8.11. The van der Waals surface area contributed by atoms with E-state index in [9.17, 15) is 0 Å². The lowest BCUT2D eigenvalue weighted by Gasteiger charge is -2.14. The molecule has 2 N–H and O–H groups in total. The number of thiophene rings is 2. The van der Waals surface area contributed by atoms with Gasteiger partial charge in [0, 0.05) is 30.9 Å². The predicted molar refractivity (Wildman–Crippen MR) is 85.3 cm³/mol. The first kappa shape index (κ1) is 14.1. The van der Waals surface area contributed by atoms with Crippen molar-refractivity contribution in [3.63, 3.8) is 0 Å². The summed E-state index contributed by atoms with van der Waals surface area (Å²) >= 11 is 3.52. The van der Waals surface area contributed by atoms with E-state index >= 15 is 0 Å². The summed E-state index contributed by atoms with van der Waals surface area (Å²) in [7, 11) is 1.80. The van der Waals surface area contributed by atoms with Gasteiger partial charge in [-0.05, 0) is 33.8 Å². The number of guanidine groups is 1. The van der Waals surface area contributed by atoms with Crippen molar-refractivity contribution in [3.05, 3.63) is 44.8 Å². The standard InChI is InChI=1S/C14H19N3S2/c1-11(13-4-3-6-19-13)8-16-14(15-2)17-9-12-5-7-18-10-12/h3-7,10-11H,8-9H2,1-2H3,(H2,15,16,17). The Labute approximate surface area is 122 Å². The molecule has 2 heterocycles. The van der Waals surface area contributed by atoms with Gasteiger partial charge in [-0.25, -0.2) is 0 Å². The normalized spacial score (nSPS) is 13.3. The maximum Gasteiger partial charge on any atom is 0.191 e. The predicted octanol–water partition coefficient (Wildman–Crippen LogP) is 3.28. The molecule has 0 saturated heterocycles. The average molecular weight is 293 g/mol. The van der Waals surface area contributed by atoms with E-state index in [0.29, 0.717) is 5.92 Å². The van der Waals surface area contributed by atoms with Gasteiger partial charge in [-0.2, -0.15) is 11.3 Å². The molecule has 2 rings (SSSR count). The van der Waals surface area contributed by atoms with Crippen molar-refractivity contribution in [1.29, 1.82) is 0 Å². The molecule has 0 aliphatic heterocycles. The molecule has 0 saturated carbocycles. The summed E-state index contributed by atoms with van der Waals surface area (Å²) in [6, 6.07) is 6.40. The number of hydrogen-bond donors (Lipinski definition) is 2. The van der Waals surface area contributed by atoms with Gasteiger partial charge in [-0.3, -0.25) is 4.99 Å². The quantitative estimate of drug-likeness (QED) is 0.655. The molecule has 0 spiro atoms. The van der Waals surface area contributed by atoms with Crippen molar-refractivity contribution in [1.82, 2.24) is 10.6 Å². The molecule has 2 aromatic heterocycles. The Morgan fingerprint density at radius 1 is 1.32 bits per heavy atom. The van der Waals surface area contributed by atoms with E-state index < -0.39 is 0 Å². The first-order chi connectivity index (χ1) is 9.29. The lowest BCUT2D eigenvalue weighted by Crippen LogP contribution is -2.38. The fourth-order valence-electron chi connectivity index (χ4n) is 1.72. The van der Waals surface area contributed by atoms with Gasteiger partial charge in [0.15, 0.2) is 5.96 Å². The van der Waals surface area contributed by atoms with Crippen LogP contribution in [0.25, 0.3) is 0 Å². The summed E-state index contributed by atoms with van der Waals surface area (Å²) in [5.41, 5.74) is 1.29. The SMILES string of the molecule is CN=C(NCc1ccsc1)NCC(C)c1cccs1. The van der Waals surface area contributed by atoms with E-state index in [1.165, 1.54) is 10.4 Å². The molecule has 0 radical (unpaired) electrons. The molecule has 0 amide bonds. The second-order valence-corrected chi connectivity index (χ2v) is 6.11. The molecule has 19 heavy (non-hydrogen) atoms. The minimum absolute atomic E-state index is 0.500. The highest BCUT2D eigenvalue weighted by molar-refractivity contribution is 7.10. The zero-order valence-corrected chi connectivity index (χ0v) is 12.9. The highest BCUT2D eigenvalue weighted by atomic mass is 32.1. The average Bonchev–Trinajstić information content (AvgIpc) is 3.11. The monoisotopic (exact) mass is 293 g/mol. The van der Waals surface area contributed by atoms with Gasteiger partial charge in [0.1, 0.15) is 0 Å². The molecule has 1 atom stereocenters. The minimum Gasteiger partial charge on any atom is -0.356 e. The molecule has 3 nitrogen and oxygen atoms in total. The summed E-state index contributed by atoms with van der Waals surface area (Å²) in [6.07, 6.45) is 0. The number of nitrogens with one attached hydrogen (secondary N) is 2. The summed E-state index contributed by atoms with van der Waals surface area (Å²) in [6.45, 7) is 3.94.